The van der Waals surface area contributed by atoms with E-state index in [1.54, 1.807) is 37.3 Å². The van der Waals surface area contributed by atoms with Gasteiger partial charge in [-0.3, -0.25) is 0 Å². The predicted octanol–water partition coefficient (Wildman–Crippen LogP) is 2.08. The van der Waals surface area contributed by atoms with Gasteiger partial charge in [-0.15, -0.1) is 0 Å². The molecule has 0 fully saturated rings. The van der Waals surface area contributed by atoms with Crippen molar-refractivity contribution < 1.29 is 19.2 Å². The molecule has 0 saturated heterocycles. The van der Waals surface area contributed by atoms with Gasteiger partial charge >= 0.3 is 106 Å². The van der Waals surface area contributed by atoms with Gasteiger partial charge in [0.05, 0.1) is 0 Å². The van der Waals surface area contributed by atoms with E-state index >= 15 is 0 Å². The molecule has 2 atom stereocenters. The third-order valence-electron chi connectivity index (χ3n) is 2.29. The normalized spacial score (nSPS) is 15.0. The number of ether oxygens (including phenoxy) is 1. The summed E-state index contributed by atoms with van der Waals surface area (Å²) in [5.41, 5.74) is 6.41. The first-order chi connectivity index (χ1) is 8.48. The van der Waals surface area contributed by atoms with Crippen LogP contribution in [0.1, 0.15) is 13.3 Å². The van der Waals surface area contributed by atoms with E-state index in [0.717, 1.165) is 0 Å². The number of nitrogens with two attached hydrogens (primary N) is 1. The molecule has 6 heteroatoms. The van der Waals surface area contributed by atoms with E-state index in [1.165, 1.54) is 0 Å². The zero-order valence-corrected chi connectivity index (χ0v) is 10.8. The van der Waals surface area contributed by atoms with E-state index in [2.05, 4.69) is 5.63 Å². The third-order valence-corrected chi connectivity index (χ3v) is 2.83. The molecule has 0 aliphatic heterocycles. The zero-order chi connectivity index (χ0) is 13.6. The molecule has 0 heterocycles. The summed E-state index contributed by atoms with van der Waals surface area (Å²) in [6, 6.07) is 8.46. The summed E-state index contributed by atoms with van der Waals surface area (Å²) in [7, 11) is -0.277. The Balaban J connectivity index is 2.89. The second-order valence-corrected chi connectivity index (χ2v) is 4.38. The second kappa shape index (κ2) is 6.41. The topological polar surface area (TPSA) is 89.6 Å². The molecule has 1 rings (SSSR count). The molecule has 18 heavy (non-hydrogen) atoms. The van der Waals surface area contributed by atoms with Crippen LogP contribution in [0.2, 0.25) is 0 Å². The van der Waals surface area contributed by atoms with E-state index in [-0.39, 0.29) is 20.3 Å². The average Bonchev–Trinajstić information content (AvgIpc) is 2.30. The molecule has 0 spiro atoms. The number of carboxylic acids is 1. The van der Waals surface area contributed by atoms with Gasteiger partial charge in [0, 0.05) is 0 Å². The molecule has 96 valence electrons. The zero-order valence-electron chi connectivity index (χ0n) is 9.87. The van der Waals surface area contributed by atoms with Crippen LogP contribution >= 0.6 is 7.92 Å². The van der Waals surface area contributed by atoms with Crippen LogP contribution in [-0.2, 0) is 9.36 Å². The summed E-state index contributed by atoms with van der Waals surface area (Å²) in [4.78, 5) is 11.2. The summed E-state index contributed by atoms with van der Waals surface area (Å²) in [6.45, 7) is 1.67. The van der Waals surface area contributed by atoms with Crippen molar-refractivity contribution >= 4 is 13.9 Å². The van der Waals surface area contributed by atoms with Crippen LogP contribution in [0, 0.1) is 11.5 Å². The van der Waals surface area contributed by atoms with Crippen LogP contribution in [0.3, 0.4) is 0 Å². The van der Waals surface area contributed by atoms with Gasteiger partial charge in [0.15, 0.2) is 0 Å². The molecule has 5 nitrogen and oxygen atoms in total. The van der Waals surface area contributed by atoms with Crippen molar-refractivity contribution in [3.63, 3.8) is 0 Å². The number of carbonyl (C=O) groups is 1. The van der Waals surface area contributed by atoms with E-state index in [4.69, 9.17) is 15.6 Å². The van der Waals surface area contributed by atoms with Gasteiger partial charge in [-0.25, -0.2) is 0 Å². The number of rotatable bonds is 5. The maximum absolute atomic E-state index is 11.2. The van der Waals surface area contributed by atoms with Crippen molar-refractivity contribution in [1.82, 2.24) is 0 Å². The molecular formula is C12H14NO4P. The van der Waals surface area contributed by atoms with Crippen molar-refractivity contribution in [1.29, 1.82) is 0 Å². The first kappa shape index (κ1) is 14.5. The number of hydrogen-bond donors (Lipinski definition) is 2. The fourth-order valence-electron chi connectivity index (χ4n) is 1.46. The number of hydrogen-bond acceptors (Lipinski definition) is 4. The minimum atomic E-state index is -1.86. The summed E-state index contributed by atoms with van der Waals surface area (Å²) in [6.07, 6.45) is -0.0214. The van der Waals surface area contributed by atoms with Gasteiger partial charge in [-0.1, -0.05) is 0 Å². The Morgan fingerprint density at radius 3 is 2.67 bits per heavy atom. The van der Waals surface area contributed by atoms with Crippen molar-refractivity contribution in [2.45, 2.75) is 19.1 Å². The van der Waals surface area contributed by atoms with Gasteiger partial charge in [0.2, 0.25) is 0 Å². The number of carboxylic acid groups (broad SMARTS) is 1. The molecule has 0 amide bonds. The van der Waals surface area contributed by atoms with Crippen molar-refractivity contribution in [2.75, 3.05) is 0 Å². The monoisotopic (exact) mass is 267 g/mol. The van der Waals surface area contributed by atoms with Crippen LogP contribution in [0.4, 0.5) is 0 Å². The summed E-state index contributed by atoms with van der Waals surface area (Å²) >= 11 is 0. The molecule has 3 N–H and O–H groups in total. The first-order valence-electron chi connectivity index (χ1n) is 5.32. The fourth-order valence-corrected chi connectivity index (χ4v) is 1.73. The Morgan fingerprint density at radius 2 is 2.17 bits per heavy atom. The van der Waals surface area contributed by atoms with E-state index in [9.17, 15) is 9.36 Å². The Hall–Kier alpha value is -1.54. The summed E-state index contributed by atoms with van der Waals surface area (Å²) in [5.74, 6) is -1.27. The van der Waals surface area contributed by atoms with Crippen molar-refractivity contribution in [3.05, 3.63) is 30.3 Å². The van der Waals surface area contributed by atoms with Crippen LogP contribution < -0.4 is 10.5 Å². The molecule has 0 saturated carbocycles. The number of para-hydroxylation sites is 1. The SMILES string of the molecule is CC(C#P=O)CC(N)(Oc1ccccc1)C(=O)O. The van der Waals surface area contributed by atoms with E-state index in [1.807, 2.05) is 0 Å². The van der Waals surface area contributed by atoms with Gasteiger partial charge in [-0.2, -0.15) is 0 Å². The third kappa shape index (κ3) is 4.04. The van der Waals surface area contributed by atoms with Gasteiger partial charge in [-0.05, 0) is 0 Å². The summed E-state index contributed by atoms with van der Waals surface area (Å²) in [5, 5.41) is 9.15. The molecule has 1 aromatic rings. The van der Waals surface area contributed by atoms with Crippen LogP contribution in [0.5, 0.6) is 5.75 Å². The first-order valence-corrected chi connectivity index (χ1v) is 6.13. The van der Waals surface area contributed by atoms with Crippen LogP contribution in [0.15, 0.2) is 30.3 Å². The van der Waals surface area contributed by atoms with Gasteiger partial charge in [0.25, 0.3) is 0 Å². The van der Waals surface area contributed by atoms with Crippen LogP contribution in [0.25, 0.3) is 0 Å². The Labute approximate surface area is 106 Å². The Bertz CT molecular complexity index is 513. The molecule has 1 aromatic carbocycles. The number of aliphatic carboxylic acids is 1. The summed E-state index contributed by atoms with van der Waals surface area (Å²) < 4.78 is 15.7. The Morgan fingerprint density at radius 1 is 1.56 bits per heavy atom. The molecule has 0 aliphatic carbocycles. The van der Waals surface area contributed by atoms with Crippen molar-refractivity contribution in [3.8, 4) is 11.4 Å². The molecule has 0 radical (unpaired) electrons. The molecule has 2 unspecified atom stereocenters. The fraction of sp³-hybridized carbons (Fsp3) is 0.333. The average molecular weight is 267 g/mol. The quantitative estimate of drug-likeness (QED) is 0.629. The van der Waals surface area contributed by atoms with E-state index < -0.39 is 11.7 Å². The van der Waals surface area contributed by atoms with Crippen LogP contribution in [-0.4, -0.2) is 16.8 Å². The maximum atomic E-state index is 11.2. The van der Waals surface area contributed by atoms with Gasteiger partial charge < -0.3 is 0 Å². The molecular weight excluding hydrogens is 253 g/mol. The number of benzene rings is 1. The van der Waals surface area contributed by atoms with Gasteiger partial charge in [0.1, 0.15) is 0 Å². The van der Waals surface area contributed by atoms with Crippen molar-refractivity contribution in [2.24, 2.45) is 11.7 Å². The predicted molar refractivity (Wildman–Crippen MR) is 66.9 cm³/mol. The van der Waals surface area contributed by atoms with E-state index in [0.29, 0.717) is 5.75 Å². The standard InChI is InChI=1S/C12H14NO4P/c1-9(8-18-16)7-12(13,11(14)15)17-10-5-3-2-4-6-10/h2-6,9H,7,13H2,1H3,(H,14,15). The minimum absolute atomic E-state index is 0.0214. The molecule has 0 bridgehead atoms. The molecule has 0 aliphatic rings. The molecule has 0 aromatic heterocycles. The Kier molecular flexibility index (Phi) is 5.17. The second-order valence-electron chi connectivity index (χ2n) is 3.94.